The first kappa shape index (κ1) is 17.8. The Balaban J connectivity index is 3.25. The Morgan fingerprint density at radius 2 is 2.05 bits per heavy atom. The zero-order valence-corrected chi connectivity index (χ0v) is 14.0. The van der Waals surface area contributed by atoms with Crippen molar-refractivity contribution in [2.45, 2.75) is 32.1 Å². The summed E-state index contributed by atoms with van der Waals surface area (Å²) in [5.41, 5.74) is 6.79. The summed E-state index contributed by atoms with van der Waals surface area (Å²) in [6, 6.07) is 4.79. The number of benzene rings is 1. The molecule has 0 unspecified atom stereocenters. The van der Waals surface area contributed by atoms with Crippen LogP contribution >= 0.6 is 11.6 Å². The summed E-state index contributed by atoms with van der Waals surface area (Å²) >= 11 is 6.02. The second-order valence-electron chi connectivity index (χ2n) is 5.28. The summed E-state index contributed by atoms with van der Waals surface area (Å²) in [5.74, 6) is 0.150. The Hall–Kier alpha value is -1.29. The Labute approximate surface area is 131 Å². The fourth-order valence-corrected chi connectivity index (χ4v) is 3.82. The zero-order valence-electron chi connectivity index (χ0n) is 12.4. The normalized spacial score (nSPS) is 11.9. The average molecular weight is 330 g/mol. The number of halogens is 1. The number of sulfonamides is 1. The molecule has 1 aromatic carbocycles. The largest absolute Gasteiger partial charge is 0.398 e. The van der Waals surface area contributed by atoms with Crippen LogP contribution in [0.1, 0.15) is 25.8 Å². The highest BCUT2D eigenvalue weighted by Gasteiger charge is 2.26. The number of nitrogens with two attached hydrogens (primary N) is 1. The molecule has 0 atom stereocenters. The van der Waals surface area contributed by atoms with Crippen LogP contribution in [0.3, 0.4) is 0 Å². The summed E-state index contributed by atoms with van der Waals surface area (Å²) in [4.78, 5) is 0.0641. The number of rotatable bonds is 6. The molecular formula is C14H20ClN3O2S. The van der Waals surface area contributed by atoms with Crippen LogP contribution in [0.25, 0.3) is 0 Å². The maximum Gasteiger partial charge on any atom is 0.243 e. The van der Waals surface area contributed by atoms with E-state index < -0.39 is 10.0 Å². The lowest BCUT2D eigenvalue weighted by Crippen LogP contribution is -2.35. The second-order valence-corrected chi connectivity index (χ2v) is 7.63. The van der Waals surface area contributed by atoms with Gasteiger partial charge in [0.15, 0.2) is 0 Å². The second kappa shape index (κ2) is 7.12. The molecule has 0 aliphatic rings. The third kappa shape index (κ3) is 4.34. The molecule has 1 aromatic rings. The van der Waals surface area contributed by atoms with Crippen LogP contribution in [-0.2, 0) is 10.0 Å². The van der Waals surface area contributed by atoms with E-state index in [9.17, 15) is 8.42 Å². The number of hydrogen-bond donors (Lipinski definition) is 1. The van der Waals surface area contributed by atoms with Gasteiger partial charge in [-0.15, -0.1) is 0 Å². The van der Waals surface area contributed by atoms with Crippen molar-refractivity contribution in [3.8, 4) is 6.07 Å². The fraction of sp³-hybridized carbons (Fsp3) is 0.500. The molecule has 0 aliphatic carbocycles. The Morgan fingerprint density at radius 3 is 2.52 bits per heavy atom. The van der Waals surface area contributed by atoms with Gasteiger partial charge in [0.1, 0.15) is 0 Å². The third-order valence-electron chi connectivity index (χ3n) is 3.04. The summed E-state index contributed by atoms with van der Waals surface area (Å²) in [6.07, 6.45) is 0.140. The molecule has 1 rings (SSSR count). The van der Waals surface area contributed by atoms with Crippen molar-refractivity contribution in [1.29, 1.82) is 5.26 Å². The van der Waals surface area contributed by atoms with Gasteiger partial charge >= 0.3 is 0 Å². The minimum atomic E-state index is -3.71. The Morgan fingerprint density at radius 1 is 1.43 bits per heavy atom. The Kier molecular flexibility index (Phi) is 6.02. The predicted molar refractivity (Wildman–Crippen MR) is 84.4 cm³/mol. The molecule has 0 saturated heterocycles. The van der Waals surface area contributed by atoms with Gasteiger partial charge in [-0.1, -0.05) is 25.4 Å². The van der Waals surface area contributed by atoms with Crippen LogP contribution in [0.15, 0.2) is 17.0 Å². The van der Waals surface area contributed by atoms with Crippen molar-refractivity contribution in [3.63, 3.8) is 0 Å². The SMILES string of the molecule is Cc1c(N)cc(S(=O)(=O)N(CCC#N)CC(C)C)cc1Cl. The molecule has 0 heterocycles. The molecule has 5 nitrogen and oxygen atoms in total. The highest BCUT2D eigenvalue weighted by atomic mass is 35.5. The fourth-order valence-electron chi connectivity index (χ4n) is 1.86. The van der Waals surface area contributed by atoms with E-state index in [1.807, 2.05) is 19.9 Å². The van der Waals surface area contributed by atoms with E-state index in [0.29, 0.717) is 22.8 Å². The maximum absolute atomic E-state index is 12.7. The summed E-state index contributed by atoms with van der Waals surface area (Å²) in [6.45, 7) is 6.07. The lowest BCUT2D eigenvalue weighted by atomic mass is 10.2. The van der Waals surface area contributed by atoms with E-state index >= 15 is 0 Å². The average Bonchev–Trinajstić information content (AvgIpc) is 2.39. The van der Waals surface area contributed by atoms with Crippen LogP contribution in [0, 0.1) is 24.2 Å². The van der Waals surface area contributed by atoms with E-state index in [-0.39, 0.29) is 23.8 Å². The van der Waals surface area contributed by atoms with Crippen molar-refractivity contribution in [1.82, 2.24) is 4.31 Å². The van der Waals surface area contributed by atoms with Gasteiger partial charge in [0.05, 0.1) is 11.0 Å². The molecule has 0 fully saturated rings. The van der Waals surface area contributed by atoms with Gasteiger partial charge in [-0.2, -0.15) is 9.57 Å². The standard InChI is InChI=1S/C14H20ClN3O2S/c1-10(2)9-18(6-4-5-16)21(19,20)12-7-13(15)11(3)14(17)8-12/h7-8,10H,4,6,9,17H2,1-3H3. The van der Waals surface area contributed by atoms with Gasteiger partial charge in [0.25, 0.3) is 0 Å². The lowest BCUT2D eigenvalue weighted by Gasteiger charge is -2.23. The van der Waals surface area contributed by atoms with Gasteiger partial charge in [-0.05, 0) is 30.5 Å². The molecule has 2 N–H and O–H groups in total. The number of anilines is 1. The highest BCUT2D eigenvalue weighted by Crippen LogP contribution is 2.28. The van der Waals surface area contributed by atoms with Crippen molar-refractivity contribution < 1.29 is 8.42 Å². The number of nitrogens with zero attached hydrogens (tertiary/aromatic N) is 2. The van der Waals surface area contributed by atoms with Crippen LogP contribution in [-0.4, -0.2) is 25.8 Å². The molecule has 7 heteroatoms. The lowest BCUT2D eigenvalue weighted by molar-refractivity contribution is 0.373. The van der Waals surface area contributed by atoms with Crippen molar-refractivity contribution >= 4 is 27.3 Å². The van der Waals surface area contributed by atoms with Crippen molar-refractivity contribution in [3.05, 3.63) is 22.7 Å². The monoisotopic (exact) mass is 329 g/mol. The topological polar surface area (TPSA) is 87.2 Å². The smallest absolute Gasteiger partial charge is 0.243 e. The molecule has 0 aromatic heterocycles. The first-order valence-corrected chi connectivity index (χ1v) is 8.44. The molecule has 21 heavy (non-hydrogen) atoms. The van der Waals surface area contributed by atoms with Crippen LogP contribution in [0.5, 0.6) is 0 Å². The summed E-state index contributed by atoms with van der Waals surface area (Å²) in [7, 11) is -3.71. The molecule has 0 radical (unpaired) electrons. The molecule has 0 amide bonds. The van der Waals surface area contributed by atoms with E-state index in [1.165, 1.54) is 16.4 Å². The van der Waals surface area contributed by atoms with Gasteiger partial charge in [-0.25, -0.2) is 8.42 Å². The molecule has 0 bridgehead atoms. The molecular weight excluding hydrogens is 310 g/mol. The maximum atomic E-state index is 12.7. The quantitative estimate of drug-likeness (QED) is 0.813. The number of nitriles is 1. The minimum absolute atomic E-state index is 0.0641. The number of nitrogen functional groups attached to an aromatic ring is 1. The predicted octanol–water partition coefficient (Wildman–Crippen LogP) is 2.79. The first-order valence-electron chi connectivity index (χ1n) is 6.62. The van der Waals surface area contributed by atoms with Gasteiger partial charge in [-0.3, -0.25) is 0 Å². The van der Waals surface area contributed by atoms with E-state index in [2.05, 4.69) is 0 Å². The van der Waals surface area contributed by atoms with Crippen LogP contribution in [0.2, 0.25) is 5.02 Å². The van der Waals surface area contributed by atoms with Crippen LogP contribution < -0.4 is 5.73 Å². The molecule has 0 spiro atoms. The van der Waals surface area contributed by atoms with Crippen molar-refractivity contribution in [2.75, 3.05) is 18.8 Å². The number of hydrogen-bond acceptors (Lipinski definition) is 4. The Bertz CT molecular complexity index is 628. The molecule has 0 aliphatic heterocycles. The molecule has 0 saturated carbocycles. The van der Waals surface area contributed by atoms with E-state index in [1.54, 1.807) is 6.92 Å². The van der Waals surface area contributed by atoms with Crippen LogP contribution in [0.4, 0.5) is 5.69 Å². The van der Waals surface area contributed by atoms with E-state index in [4.69, 9.17) is 22.6 Å². The first-order chi connectivity index (χ1) is 9.70. The van der Waals surface area contributed by atoms with Gasteiger partial charge in [0, 0.05) is 30.2 Å². The van der Waals surface area contributed by atoms with Crippen molar-refractivity contribution in [2.24, 2.45) is 5.92 Å². The van der Waals surface area contributed by atoms with E-state index in [0.717, 1.165) is 0 Å². The highest BCUT2D eigenvalue weighted by molar-refractivity contribution is 7.89. The van der Waals surface area contributed by atoms with Gasteiger partial charge in [0.2, 0.25) is 10.0 Å². The minimum Gasteiger partial charge on any atom is -0.398 e. The summed E-state index contributed by atoms with van der Waals surface area (Å²) in [5, 5.41) is 9.02. The molecule has 116 valence electrons. The summed E-state index contributed by atoms with van der Waals surface area (Å²) < 4.78 is 26.7. The zero-order chi connectivity index (χ0) is 16.2. The third-order valence-corrected chi connectivity index (χ3v) is 5.27. The van der Waals surface area contributed by atoms with Gasteiger partial charge < -0.3 is 5.73 Å².